The van der Waals surface area contributed by atoms with Crippen molar-refractivity contribution in [1.29, 1.82) is 0 Å². The third-order valence-corrected chi connectivity index (χ3v) is 6.04. The molecule has 0 heterocycles. The molecule has 0 aliphatic carbocycles. The van der Waals surface area contributed by atoms with Gasteiger partial charge in [0, 0.05) is 20.8 Å². The van der Waals surface area contributed by atoms with Crippen LogP contribution in [0.15, 0.2) is 0 Å². The van der Waals surface area contributed by atoms with E-state index in [1.807, 2.05) is 0 Å². The standard InChI is InChI=1S/C26H55NO2/c1-4-5-6-7-8-9-10-11-12-13-14-15-16-17-18-19-20-21-22-23-24-27-25-26(28-2)29-3/h26-27H,4-25H2,1-3H3. The first kappa shape index (κ1) is 28.9. The SMILES string of the molecule is CCCCCCCCCCCCCCCCCCCCCCNCC(OC)OC. The van der Waals surface area contributed by atoms with Crippen LogP contribution in [-0.2, 0) is 9.47 Å². The van der Waals surface area contributed by atoms with E-state index in [0.717, 1.165) is 13.1 Å². The smallest absolute Gasteiger partial charge is 0.169 e. The van der Waals surface area contributed by atoms with Crippen molar-refractivity contribution >= 4 is 0 Å². The van der Waals surface area contributed by atoms with Gasteiger partial charge in [-0.05, 0) is 13.0 Å². The lowest BCUT2D eigenvalue weighted by atomic mass is 10.0. The molecule has 1 N–H and O–H groups in total. The summed E-state index contributed by atoms with van der Waals surface area (Å²) in [6.45, 7) is 4.15. The Morgan fingerprint density at radius 1 is 0.483 bits per heavy atom. The average Bonchev–Trinajstić information content (AvgIpc) is 2.74. The van der Waals surface area contributed by atoms with Crippen LogP contribution in [0.2, 0.25) is 0 Å². The molecule has 0 aliphatic rings. The van der Waals surface area contributed by atoms with Crippen molar-refractivity contribution in [1.82, 2.24) is 5.32 Å². The van der Waals surface area contributed by atoms with Crippen LogP contribution in [-0.4, -0.2) is 33.6 Å². The highest BCUT2D eigenvalue weighted by atomic mass is 16.7. The number of hydrogen-bond acceptors (Lipinski definition) is 3. The van der Waals surface area contributed by atoms with Gasteiger partial charge in [0.2, 0.25) is 0 Å². The molecule has 0 radical (unpaired) electrons. The number of hydrogen-bond donors (Lipinski definition) is 1. The lowest BCUT2D eigenvalue weighted by Crippen LogP contribution is -2.30. The van der Waals surface area contributed by atoms with E-state index in [-0.39, 0.29) is 6.29 Å². The van der Waals surface area contributed by atoms with Gasteiger partial charge in [0.05, 0.1) is 0 Å². The molecule has 0 aromatic rings. The molecule has 0 bridgehead atoms. The molecule has 0 aliphatic heterocycles. The van der Waals surface area contributed by atoms with E-state index < -0.39 is 0 Å². The van der Waals surface area contributed by atoms with Crippen molar-refractivity contribution in [2.75, 3.05) is 27.3 Å². The van der Waals surface area contributed by atoms with E-state index in [4.69, 9.17) is 9.47 Å². The maximum absolute atomic E-state index is 5.16. The summed E-state index contributed by atoms with van der Waals surface area (Å²) >= 11 is 0. The normalized spacial score (nSPS) is 11.6. The fourth-order valence-corrected chi connectivity index (χ4v) is 3.99. The summed E-state index contributed by atoms with van der Waals surface area (Å²) in [5.41, 5.74) is 0. The first-order valence-electron chi connectivity index (χ1n) is 13.1. The Kier molecular flexibility index (Phi) is 25.8. The number of unbranched alkanes of at least 4 members (excludes halogenated alkanes) is 19. The Labute approximate surface area is 184 Å². The molecule has 0 unspecified atom stereocenters. The van der Waals surface area contributed by atoms with Gasteiger partial charge in [-0.25, -0.2) is 0 Å². The highest BCUT2D eigenvalue weighted by molar-refractivity contribution is 4.53. The molecule has 0 saturated carbocycles. The molecule has 29 heavy (non-hydrogen) atoms. The van der Waals surface area contributed by atoms with Gasteiger partial charge >= 0.3 is 0 Å². The number of rotatable bonds is 25. The second kappa shape index (κ2) is 25.9. The molecule has 0 atom stereocenters. The quantitative estimate of drug-likeness (QED) is 0.121. The molecular formula is C26H55NO2. The molecule has 0 saturated heterocycles. The van der Waals surface area contributed by atoms with Gasteiger partial charge in [-0.3, -0.25) is 0 Å². The summed E-state index contributed by atoms with van der Waals surface area (Å²) in [4.78, 5) is 0. The molecule has 0 fully saturated rings. The van der Waals surface area contributed by atoms with E-state index in [1.54, 1.807) is 14.2 Å². The monoisotopic (exact) mass is 413 g/mol. The summed E-state index contributed by atoms with van der Waals surface area (Å²) in [6, 6.07) is 0. The summed E-state index contributed by atoms with van der Waals surface area (Å²) in [7, 11) is 3.38. The molecule has 0 aromatic carbocycles. The van der Waals surface area contributed by atoms with Gasteiger partial charge in [0.1, 0.15) is 0 Å². The van der Waals surface area contributed by atoms with Crippen molar-refractivity contribution in [2.24, 2.45) is 0 Å². The van der Waals surface area contributed by atoms with Crippen LogP contribution in [0.4, 0.5) is 0 Å². The number of nitrogens with one attached hydrogen (secondary N) is 1. The van der Waals surface area contributed by atoms with E-state index in [1.165, 1.54) is 128 Å². The van der Waals surface area contributed by atoms with Crippen LogP contribution in [0.1, 0.15) is 135 Å². The van der Waals surface area contributed by atoms with Crippen molar-refractivity contribution in [3.05, 3.63) is 0 Å². The van der Waals surface area contributed by atoms with Gasteiger partial charge < -0.3 is 14.8 Å². The van der Waals surface area contributed by atoms with Gasteiger partial charge in [0.15, 0.2) is 6.29 Å². The molecule has 3 heteroatoms. The Balaban J connectivity index is 3.03. The highest BCUT2D eigenvalue weighted by Crippen LogP contribution is 2.14. The van der Waals surface area contributed by atoms with Crippen LogP contribution in [0.5, 0.6) is 0 Å². The van der Waals surface area contributed by atoms with Gasteiger partial charge in [-0.1, -0.05) is 129 Å². The van der Waals surface area contributed by atoms with E-state index in [9.17, 15) is 0 Å². The Morgan fingerprint density at radius 3 is 1.10 bits per heavy atom. The van der Waals surface area contributed by atoms with E-state index in [0.29, 0.717) is 0 Å². The van der Waals surface area contributed by atoms with Crippen LogP contribution < -0.4 is 5.32 Å². The van der Waals surface area contributed by atoms with E-state index >= 15 is 0 Å². The van der Waals surface area contributed by atoms with Crippen LogP contribution in [0.3, 0.4) is 0 Å². The zero-order valence-electron chi connectivity index (χ0n) is 20.5. The minimum Gasteiger partial charge on any atom is -0.355 e. The average molecular weight is 414 g/mol. The molecule has 0 amide bonds. The lowest BCUT2D eigenvalue weighted by molar-refractivity contribution is -0.0986. The summed E-state index contributed by atoms with van der Waals surface area (Å²) in [5, 5.41) is 3.40. The van der Waals surface area contributed by atoms with Gasteiger partial charge in [-0.2, -0.15) is 0 Å². The maximum Gasteiger partial charge on any atom is 0.169 e. The number of methoxy groups -OCH3 is 2. The van der Waals surface area contributed by atoms with Gasteiger partial charge in [-0.15, -0.1) is 0 Å². The zero-order chi connectivity index (χ0) is 21.3. The topological polar surface area (TPSA) is 30.5 Å². The predicted octanol–water partition coefficient (Wildman–Crippen LogP) is 8.02. The number of ether oxygens (including phenoxy) is 2. The Morgan fingerprint density at radius 2 is 0.793 bits per heavy atom. The highest BCUT2D eigenvalue weighted by Gasteiger charge is 2.02. The van der Waals surface area contributed by atoms with E-state index in [2.05, 4.69) is 12.2 Å². The second-order valence-electron chi connectivity index (χ2n) is 8.82. The Bertz CT molecular complexity index is 282. The van der Waals surface area contributed by atoms with Crippen LogP contribution >= 0.6 is 0 Å². The minimum absolute atomic E-state index is 0.111. The minimum atomic E-state index is -0.111. The summed E-state index contributed by atoms with van der Waals surface area (Å²) in [6.07, 6.45) is 28.6. The molecule has 3 nitrogen and oxygen atoms in total. The first-order valence-corrected chi connectivity index (χ1v) is 13.1. The third-order valence-electron chi connectivity index (χ3n) is 6.04. The molecule has 0 spiro atoms. The first-order chi connectivity index (χ1) is 14.3. The largest absolute Gasteiger partial charge is 0.355 e. The van der Waals surface area contributed by atoms with Gasteiger partial charge in [0.25, 0.3) is 0 Å². The van der Waals surface area contributed by atoms with Crippen molar-refractivity contribution < 1.29 is 9.47 Å². The zero-order valence-corrected chi connectivity index (χ0v) is 20.5. The van der Waals surface area contributed by atoms with Crippen molar-refractivity contribution in [2.45, 2.75) is 142 Å². The van der Waals surface area contributed by atoms with Crippen LogP contribution in [0, 0.1) is 0 Å². The Hall–Kier alpha value is -0.120. The predicted molar refractivity (Wildman–Crippen MR) is 129 cm³/mol. The molecular weight excluding hydrogens is 358 g/mol. The fourth-order valence-electron chi connectivity index (χ4n) is 3.99. The molecule has 176 valence electrons. The lowest BCUT2D eigenvalue weighted by Gasteiger charge is -2.13. The molecule has 0 aromatic heterocycles. The van der Waals surface area contributed by atoms with Crippen LogP contribution in [0.25, 0.3) is 0 Å². The second-order valence-corrected chi connectivity index (χ2v) is 8.82. The van der Waals surface area contributed by atoms with Crippen molar-refractivity contribution in [3.8, 4) is 0 Å². The summed E-state index contributed by atoms with van der Waals surface area (Å²) in [5.74, 6) is 0. The summed E-state index contributed by atoms with van der Waals surface area (Å²) < 4.78 is 10.3. The third kappa shape index (κ3) is 24.0. The van der Waals surface area contributed by atoms with Crippen molar-refractivity contribution in [3.63, 3.8) is 0 Å². The molecule has 0 rings (SSSR count). The fraction of sp³-hybridized carbons (Fsp3) is 1.00. The maximum atomic E-state index is 5.16.